The molecule has 0 aliphatic heterocycles. The Balaban J connectivity index is 1.62. The molecule has 1 atom stereocenters. The molecule has 0 N–H and O–H groups in total. The Morgan fingerprint density at radius 2 is 2.27 bits per heavy atom. The number of aromatic nitrogens is 3. The molecule has 22 heavy (non-hydrogen) atoms. The maximum atomic E-state index is 11.9. The van der Waals surface area contributed by atoms with Gasteiger partial charge < -0.3 is 9.15 Å². The molecule has 0 saturated heterocycles. The molecule has 3 aromatic rings. The fourth-order valence-electron chi connectivity index (χ4n) is 1.83. The van der Waals surface area contributed by atoms with E-state index in [9.17, 15) is 4.79 Å². The minimum atomic E-state index is -0.589. The highest BCUT2D eigenvalue weighted by atomic mass is 32.1. The lowest BCUT2D eigenvalue weighted by Crippen LogP contribution is -2.12. The Labute approximate surface area is 134 Å². The second-order valence-electron chi connectivity index (χ2n) is 4.59. The van der Waals surface area contributed by atoms with E-state index in [4.69, 9.17) is 9.15 Å². The monoisotopic (exact) mass is 335 g/mol. The predicted octanol–water partition coefficient (Wildman–Crippen LogP) is 3.41. The molecule has 0 bridgehead atoms. The average Bonchev–Trinajstić information content (AvgIpc) is 3.18. The first-order valence-electron chi connectivity index (χ1n) is 6.59. The van der Waals surface area contributed by atoms with Crippen LogP contribution in [0.1, 0.15) is 29.6 Å². The second kappa shape index (κ2) is 6.37. The van der Waals surface area contributed by atoms with E-state index in [1.165, 1.54) is 22.7 Å². The van der Waals surface area contributed by atoms with Crippen molar-refractivity contribution in [2.24, 2.45) is 0 Å². The van der Waals surface area contributed by atoms with Gasteiger partial charge in [-0.25, -0.2) is 4.98 Å². The Hall–Kier alpha value is -2.06. The van der Waals surface area contributed by atoms with Crippen LogP contribution in [-0.4, -0.2) is 21.2 Å². The molecule has 8 heteroatoms. The molecule has 0 aromatic carbocycles. The first-order chi connectivity index (χ1) is 10.6. The van der Waals surface area contributed by atoms with Gasteiger partial charge in [-0.1, -0.05) is 6.07 Å². The summed E-state index contributed by atoms with van der Waals surface area (Å²) < 4.78 is 10.9. The molecular weight excluding hydrogens is 322 g/mol. The Morgan fingerprint density at radius 3 is 2.95 bits per heavy atom. The first kappa shape index (κ1) is 14.9. The lowest BCUT2D eigenvalue weighted by molar-refractivity contribution is -0.148. The van der Waals surface area contributed by atoms with Gasteiger partial charge in [-0.15, -0.1) is 32.9 Å². The number of hydrogen-bond acceptors (Lipinski definition) is 8. The van der Waals surface area contributed by atoms with Gasteiger partial charge in [-0.05, 0) is 25.3 Å². The van der Waals surface area contributed by atoms with Gasteiger partial charge in [0.05, 0.1) is 22.0 Å². The maximum absolute atomic E-state index is 11.9. The zero-order chi connectivity index (χ0) is 15.5. The van der Waals surface area contributed by atoms with Crippen molar-refractivity contribution in [1.29, 1.82) is 0 Å². The van der Waals surface area contributed by atoms with Gasteiger partial charge in [0.2, 0.25) is 0 Å². The molecular formula is C14H13N3O3S2. The standard InChI is InChI=1S/C14H13N3O3S2/c1-8(19-12(18)6-10-7-22-9(2)15-10)13-16-17-14(20-13)11-4-3-5-21-11/h3-5,7-8H,6H2,1-2H3. The highest BCUT2D eigenvalue weighted by Gasteiger charge is 2.20. The zero-order valence-electron chi connectivity index (χ0n) is 12.0. The third-order valence-electron chi connectivity index (χ3n) is 2.82. The summed E-state index contributed by atoms with van der Waals surface area (Å²) in [6, 6.07) is 3.80. The normalized spacial score (nSPS) is 12.3. The summed E-state index contributed by atoms with van der Waals surface area (Å²) in [5.41, 5.74) is 0.713. The first-order valence-corrected chi connectivity index (χ1v) is 8.35. The number of ether oxygens (including phenoxy) is 1. The van der Waals surface area contributed by atoms with Crippen molar-refractivity contribution in [2.75, 3.05) is 0 Å². The molecule has 114 valence electrons. The van der Waals surface area contributed by atoms with Gasteiger partial charge in [0.15, 0.2) is 6.10 Å². The van der Waals surface area contributed by atoms with Crippen LogP contribution < -0.4 is 0 Å². The van der Waals surface area contributed by atoms with E-state index in [2.05, 4.69) is 15.2 Å². The summed E-state index contributed by atoms with van der Waals surface area (Å²) >= 11 is 3.01. The molecule has 0 saturated carbocycles. The molecule has 0 aliphatic carbocycles. The van der Waals surface area contributed by atoms with Gasteiger partial charge in [-0.3, -0.25) is 4.79 Å². The fourth-order valence-corrected chi connectivity index (χ4v) is 3.08. The molecule has 0 spiro atoms. The van der Waals surface area contributed by atoms with Gasteiger partial charge in [0, 0.05) is 5.38 Å². The quantitative estimate of drug-likeness (QED) is 0.665. The highest BCUT2D eigenvalue weighted by molar-refractivity contribution is 7.13. The lowest BCUT2D eigenvalue weighted by atomic mass is 10.3. The van der Waals surface area contributed by atoms with Crippen molar-refractivity contribution in [3.05, 3.63) is 39.5 Å². The lowest BCUT2D eigenvalue weighted by Gasteiger charge is -2.08. The molecule has 0 radical (unpaired) electrons. The van der Waals surface area contributed by atoms with Crippen LogP contribution >= 0.6 is 22.7 Å². The third kappa shape index (κ3) is 3.40. The van der Waals surface area contributed by atoms with E-state index in [-0.39, 0.29) is 18.3 Å². The summed E-state index contributed by atoms with van der Waals surface area (Å²) in [6.45, 7) is 3.60. The third-order valence-corrected chi connectivity index (χ3v) is 4.50. The molecule has 3 heterocycles. The average molecular weight is 335 g/mol. The van der Waals surface area contributed by atoms with E-state index >= 15 is 0 Å². The van der Waals surface area contributed by atoms with Gasteiger partial charge in [0.1, 0.15) is 0 Å². The van der Waals surface area contributed by atoms with E-state index < -0.39 is 6.10 Å². The number of thiophene rings is 1. The van der Waals surface area contributed by atoms with Crippen molar-refractivity contribution >= 4 is 28.6 Å². The maximum Gasteiger partial charge on any atom is 0.312 e. The smallest absolute Gasteiger partial charge is 0.312 e. The molecule has 0 fully saturated rings. The van der Waals surface area contributed by atoms with Crippen molar-refractivity contribution in [3.8, 4) is 10.8 Å². The van der Waals surface area contributed by atoms with Crippen LogP contribution in [0.4, 0.5) is 0 Å². The summed E-state index contributed by atoms with van der Waals surface area (Å²) in [5, 5.41) is 12.6. The molecule has 3 rings (SSSR count). The van der Waals surface area contributed by atoms with Crippen LogP contribution in [-0.2, 0) is 16.0 Å². The van der Waals surface area contributed by atoms with E-state index in [1.807, 2.05) is 29.8 Å². The van der Waals surface area contributed by atoms with Crippen molar-refractivity contribution in [1.82, 2.24) is 15.2 Å². The van der Waals surface area contributed by atoms with Crippen LogP contribution in [0, 0.1) is 6.92 Å². The predicted molar refractivity (Wildman–Crippen MR) is 82.7 cm³/mol. The van der Waals surface area contributed by atoms with E-state index in [0.29, 0.717) is 11.6 Å². The number of aryl methyl sites for hydroxylation is 1. The summed E-state index contributed by atoms with van der Waals surface area (Å²) in [6.07, 6.45) is -0.450. The molecule has 0 aliphatic rings. The number of carbonyl (C=O) groups is 1. The Bertz CT molecular complexity index is 764. The number of nitrogens with zero attached hydrogens (tertiary/aromatic N) is 3. The number of esters is 1. The van der Waals surface area contributed by atoms with Gasteiger partial charge >= 0.3 is 5.97 Å². The SMILES string of the molecule is Cc1nc(CC(=O)OC(C)c2nnc(-c3cccs3)o2)cs1. The molecule has 0 amide bonds. The molecule has 6 nitrogen and oxygen atoms in total. The number of rotatable bonds is 5. The summed E-state index contributed by atoms with van der Waals surface area (Å²) in [5.74, 6) is 0.350. The summed E-state index contributed by atoms with van der Waals surface area (Å²) in [4.78, 5) is 17.0. The zero-order valence-corrected chi connectivity index (χ0v) is 13.6. The van der Waals surface area contributed by atoms with Crippen LogP contribution in [0.3, 0.4) is 0 Å². The van der Waals surface area contributed by atoms with Gasteiger partial charge in [-0.2, -0.15) is 0 Å². The van der Waals surface area contributed by atoms with Crippen LogP contribution in [0.15, 0.2) is 27.3 Å². The Kier molecular flexibility index (Phi) is 4.30. The van der Waals surface area contributed by atoms with Crippen molar-refractivity contribution in [2.45, 2.75) is 26.4 Å². The Morgan fingerprint density at radius 1 is 1.41 bits per heavy atom. The van der Waals surface area contributed by atoms with Crippen LogP contribution in [0.25, 0.3) is 10.8 Å². The number of thiazole rings is 1. The second-order valence-corrected chi connectivity index (χ2v) is 6.60. The van der Waals surface area contributed by atoms with E-state index in [1.54, 1.807) is 6.92 Å². The molecule has 1 unspecified atom stereocenters. The largest absolute Gasteiger partial charge is 0.452 e. The summed E-state index contributed by atoms with van der Waals surface area (Å²) in [7, 11) is 0. The molecule has 3 aromatic heterocycles. The fraction of sp³-hybridized carbons (Fsp3) is 0.286. The minimum Gasteiger partial charge on any atom is -0.452 e. The number of carbonyl (C=O) groups excluding carboxylic acids is 1. The minimum absolute atomic E-state index is 0.139. The number of hydrogen-bond donors (Lipinski definition) is 0. The van der Waals surface area contributed by atoms with Crippen molar-refractivity contribution in [3.63, 3.8) is 0 Å². The van der Waals surface area contributed by atoms with Gasteiger partial charge in [0.25, 0.3) is 11.8 Å². The van der Waals surface area contributed by atoms with Crippen LogP contribution in [0.5, 0.6) is 0 Å². The topological polar surface area (TPSA) is 78.1 Å². The highest BCUT2D eigenvalue weighted by Crippen LogP contribution is 2.26. The van der Waals surface area contributed by atoms with Crippen molar-refractivity contribution < 1.29 is 13.9 Å². The van der Waals surface area contributed by atoms with Crippen LogP contribution in [0.2, 0.25) is 0 Å². The van der Waals surface area contributed by atoms with E-state index in [0.717, 1.165) is 9.88 Å².